The number of halogens is 2. The van der Waals surface area contributed by atoms with Crippen LogP contribution < -0.4 is 4.74 Å². The summed E-state index contributed by atoms with van der Waals surface area (Å²) in [5.41, 5.74) is 1.47. The summed E-state index contributed by atoms with van der Waals surface area (Å²) in [5.74, 6) is 1.36. The van der Waals surface area contributed by atoms with Crippen molar-refractivity contribution in [2.75, 3.05) is 12.4 Å². The molecular weight excluding hydrogens is 313 g/mol. The van der Waals surface area contributed by atoms with Crippen LogP contribution in [0.2, 0.25) is 10.0 Å². The first-order valence-corrected chi connectivity index (χ1v) is 7.96. The highest BCUT2D eigenvalue weighted by Crippen LogP contribution is 2.36. The quantitative estimate of drug-likeness (QED) is 0.558. The molecule has 1 aromatic heterocycles. The normalized spacial score (nSPS) is 10.6. The Morgan fingerprint density at radius 3 is 2.25 bits per heavy atom. The van der Waals surface area contributed by atoms with E-state index in [-0.39, 0.29) is 0 Å². The molecule has 0 radical (unpaired) electrons. The molecule has 0 bridgehead atoms. The van der Waals surface area contributed by atoms with Crippen LogP contribution in [0.4, 0.5) is 0 Å². The molecule has 2 rings (SSSR count). The average Bonchev–Trinajstić information content (AvgIpc) is 2.45. The minimum absolute atomic E-state index is 0.491. The molecule has 0 aliphatic carbocycles. The summed E-state index contributed by atoms with van der Waals surface area (Å²) < 4.78 is 5.73. The molecule has 0 saturated heterocycles. The minimum Gasteiger partial charge on any atom is -0.489 e. The maximum absolute atomic E-state index is 6.19. The van der Waals surface area contributed by atoms with Crippen LogP contribution in [0.25, 0.3) is 0 Å². The number of aryl methyl sites for hydroxylation is 2. The molecule has 2 aromatic rings. The van der Waals surface area contributed by atoms with E-state index in [2.05, 4.69) is 17.1 Å². The SMILES string of the molecule is Cc1nc(C)c(Cl)c(OCCSc2ccccc2)c1Cl. The van der Waals surface area contributed by atoms with E-state index in [4.69, 9.17) is 27.9 Å². The second-order valence-corrected chi connectivity index (χ2v) is 6.17. The Bertz CT molecular complexity index is 564. The highest BCUT2D eigenvalue weighted by Gasteiger charge is 2.14. The molecule has 0 aliphatic rings. The molecule has 1 aromatic carbocycles. The Morgan fingerprint density at radius 1 is 1.05 bits per heavy atom. The van der Waals surface area contributed by atoms with Crippen molar-refractivity contribution in [3.63, 3.8) is 0 Å². The Labute approximate surface area is 133 Å². The molecule has 106 valence electrons. The van der Waals surface area contributed by atoms with Gasteiger partial charge in [-0.2, -0.15) is 0 Å². The molecule has 0 atom stereocenters. The minimum atomic E-state index is 0.491. The third kappa shape index (κ3) is 3.81. The molecular formula is C15H15Cl2NOS. The first kappa shape index (κ1) is 15.5. The number of hydrogen-bond donors (Lipinski definition) is 0. The van der Waals surface area contributed by atoms with Gasteiger partial charge in [0.1, 0.15) is 10.0 Å². The second kappa shape index (κ2) is 7.21. The van der Waals surface area contributed by atoms with Crippen molar-refractivity contribution in [2.24, 2.45) is 0 Å². The summed E-state index contributed by atoms with van der Waals surface area (Å²) in [4.78, 5) is 5.48. The first-order chi connectivity index (χ1) is 9.59. The lowest BCUT2D eigenvalue weighted by atomic mass is 10.3. The fraction of sp³-hybridized carbons (Fsp3) is 0.267. The highest BCUT2D eigenvalue weighted by molar-refractivity contribution is 7.99. The van der Waals surface area contributed by atoms with Crippen molar-refractivity contribution in [1.29, 1.82) is 0 Å². The lowest BCUT2D eigenvalue weighted by molar-refractivity contribution is 0.343. The molecule has 1 heterocycles. The third-order valence-corrected chi connectivity index (χ3v) is 4.58. The number of nitrogens with zero attached hydrogens (tertiary/aromatic N) is 1. The Hall–Kier alpha value is -0.900. The molecule has 2 nitrogen and oxygen atoms in total. The molecule has 0 spiro atoms. The number of pyridine rings is 1. The summed E-state index contributed by atoms with van der Waals surface area (Å²) in [6.45, 7) is 4.23. The average molecular weight is 328 g/mol. The van der Waals surface area contributed by atoms with Crippen molar-refractivity contribution in [2.45, 2.75) is 18.7 Å². The Balaban J connectivity index is 1.95. The fourth-order valence-electron chi connectivity index (χ4n) is 1.72. The molecule has 0 unspecified atom stereocenters. The zero-order chi connectivity index (χ0) is 14.5. The van der Waals surface area contributed by atoms with E-state index in [1.54, 1.807) is 11.8 Å². The van der Waals surface area contributed by atoms with Gasteiger partial charge in [-0.15, -0.1) is 11.8 Å². The molecule has 5 heteroatoms. The Kier molecular flexibility index (Phi) is 5.58. The van der Waals surface area contributed by atoms with Gasteiger partial charge in [0.05, 0.1) is 18.0 Å². The zero-order valence-electron chi connectivity index (χ0n) is 11.3. The highest BCUT2D eigenvalue weighted by atomic mass is 35.5. The lowest BCUT2D eigenvalue weighted by Gasteiger charge is -2.12. The van der Waals surface area contributed by atoms with Gasteiger partial charge in [0.25, 0.3) is 0 Å². The van der Waals surface area contributed by atoms with Crippen LogP contribution in [0.5, 0.6) is 5.75 Å². The number of aromatic nitrogens is 1. The van der Waals surface area contributed by atoms with Gasteiger partial charge in [-0.05, 0) is 26.0 Å². The van der Waals surface area contributed by atoms with Crippen molar-refractivity contribution in [3.05, 3.63) is 51.8 Å². The van der Waals surface area contributed by atoms with Crippen LogP contribution in [0.1, 0.15) is 11.4 Å². The van der Waals surface area contributed by atoms with Crippen LogP contribution in [0.15, 0.2) is 35.2 Å². The van der Waals surface area contributed by atoms with E-state index >= 15 is 0 Å². The van der Waals surface area contributed by atoms with Crippen LogP contribution in [0.3, 0.4) is 0 Å². The van der Waals surface area contributed by atoms with Crippen LogP contribution in [-0.2, 0) is 0 Å². The van der Waals surface area contributed by atoms with E-state index in [9.17, 15) is 0 Å². The molecule has 0 aliphatic heterocycles. The third-order valence-electron chi connectivity index (χ3n) is 2.71. The zero-order valence-corrected chi connectivity index (χ0v) is 13.6. The number of benzene rings is 1. The van der Waals surface area contributed by atoms with Crippen molar-refractivity contribution >= 4 is 35.0 Å². The molecule has 0 saturated carbocycles. The molecule has 20 heavy (non-hydrogen) atoms. The van der Waals surface area contributed by atoms with Crippen LogP contribution in [0, 0.1) is 13.8 Å². The van der Waals surface area contributed by atoms with Crippen molar-refractivity contribution in [3.8, 4) is 5.75 Å². The lowest BCUT2D eigenvalue weighted by Crippen LogP contribution is -2.03. The van der Waals surface area contributed by atoms with E-state index in [0.717, 1.165) is 17.1 Å². The monoisotopic (exact) mass is 327 g/mol. The first-order valence-electron chi connectivity index (χ1n) is 6.22. The largest absolute Gasteiger partial charge is 0.489 e. The van der Waals surface area contributed by atoms with E-state index < -0.39 is 0 Å². The van der Waals surface area contributed by atoms with Crippen LogP contribution in [-0.4, -0.2) is 17.3 Å². The maximum Gasteiger partial charge on any atom is 0.160 e. The van der Waals surface area contributed by atoms with Gasteiger partial charge >= 0.3 is 0 Å². The summed E-state index contributed by atoms with van der Waals surface area (Å²) in [5, 5.41) is 0.982. The van der Waals surface area contributed by atoms with Gasteiger partial charge in [-0.25, -0.2) is 0 Å². The van der Waals surface area contributed by atoms with E-state index in [1.165, 1.54) is 4.90 Å². The maximum atomic E-state index is 6.19. The summed E-state index contributed by atoms with van der Waals surface area (Å²) in [7, 11) is 0. The van der Waals surface area contributed by atoms with Gasteiger partial charge in [0.15, 0.2) is 5.75 Å². The smallest absolute Gasteiger partial charge is 0.160 e. The van der Waals surface area contributed by atoms with Gasteiger partial charge in [0, 0.05) is 10.6 Å². The predicted octanol–water partition coefficient (Wildman–Crippen LogP) is 5.18. The van der Waals surface area contributed by atoms with Crippen molar-refractivity contribution in [1.82, 2.24) is 4.98 Å². The summed E-state index contributed by atoms with van der Waals surface area (Å²) in [6.07, 6.45) is 0. The van der Waals surface area contributed by atoms with Gasteiger partial charge < -0.3 is 4.74 Å². The number of hydrogen-bond acceptors (Lipinski definition) is 3. The topological polar surface area (TPSA) is 22.1 Å². The van der Waals surface area contributed by atoms with E-state index in [0.29, 0.717) is 22.4 Å². The van der Waals surface area contributed by atoms with Crippen LogP contribution >= 0.6 is 35.0 Å². The van der Waals surface area contributed by atoms with E-state index in [1.807, 2.05) is 32.0 Å². The summed E-state index contributed by atoms with van der Waals surface area (Å²) >= 11 is 14.1. The standard InChI is InChI=1S/C15H15Cl2NOS/c1-10-13(16)15(14(17)11(2)18-10)19-8-9-20-12-6-4-3-5-7-12/h3-7H,8-9H2,1-2H3. The van der Waals surface area contributed by atoms with Gasteiger partial charge in [0.2, 0.25) is 0 Å². The number of ether oxygens (including phenoxy) is 1. The van der Waals surface area contributed by atoms with Gasteiger partial charge in [-0.1, -0.05) is 41.4 Å². The molecule has 0 fully saturated rings. The number of rotatable bonds is 5. The second-order valence-electron chi connectivity index (χ2n) is 4.25. The fourth-order valence-corrected chi connectivity index (χ4v) is 2.90. The summed E-state index contributed by atoms with van der Waals surface area (Å²) in [6, 6.07) is 10.2. The molecule has 0 amide bonds. The van der Waals surface area contributed by atoms with Crippen molar-refractivity contribution < 1.29 is 4.74 Å². The number of thioether (sulfide) groups is 1. The van der Waals surface area contributed by atoms with Gasteiger partial charge in [-0.3, -0.25) is 4.98 Å². The molecule has 0 N–H and O–H groups in total. The Morgan fingerprint density at radius 2 is 1.65 bits per heavy atom. The predicted molar refractivity (Wildman–Crippen MR) is 86.4 cm³/mol.